The van der Waals surface area contributed by atoms with Gasteiger partial charge in [-0.3, -0.25) is 9.59 Å². The second-order valence-electron chi connectivity index (χ2n) is 5.89. The van der Waals surface area contributed by atoms with E-state index in [1.165, 1.54) is 31.5 Å². The monoisotopic (exact) mass is 416 g/mol. The summed E-state index contributed by atoms with van der Waals surface area (Å²) in [6.45, 7) is 1.51. The summed E-state index contributed by atoms with van der Waals surface area (Å²) in [6.07, 6.45) is -1.88. The molecule has 0 aliphatic rings. The minimum atomic E-state index is -4.51. The van der Waals surface area contributed by atoms with Gasteiger partial charge in [0.2, 0.25) is 5.88 Å². The molecule has 0 saturated heterocycles. The maximum absolute atomic E-state index is 12.3. The van der Waals surface area contributed by atoms with Gasteiger partial charge in [0, 0.05) is 12.4 Å². The molecule has 0 radical (unpaired) electrons. The lowest BCUT2D eigenvalue weighted by molar-refractivity contribution is -0.154. The lowest BCUT2D eigenvalue weighted by atomic mass is 10.1. The van der Waals surface area contributed by atoms with E-state index in [0.717, 1.165) is 0 Å². The molecule has 7 nitrogen and oxygen atoms in total. The van der Waals surface area contributed by atoms with Crippen LogP contribution < -0.4 is 10.1 Å². The van der Waals surface area contributed by atoms with E-state index < -0.39 is 24.7 Å². The van der Waals surface area contributed by atoms with E-state index in [1.54, 1.807) is 6.92 Å². The van der Waals surface area contributed by atoms with Gasteiger partial charge in [-0.15, -0.1) is 0 Å². The summed E-state index contributed by atoms with van der Waals surface area (Å²) < 4.78 is 41.2. The fraction of sp³-hybridized carbons (Fsp3) is 0.353. The first kappa shape index (κ1) is 21.5. The molecular weight excluding hydrogens is 401 g/mol. The fourth-order valence-electron chi connectivity index (χ4n) is 2.12. The van der Waals surface area contributed by atoms with Crippen molar-refractivity contribution in [1.82, 2.24) is 20.3 Å². The Kier molecular flexibility index (Phi) is 6.90. The van der Waals surface area contributed by atoms with Gasteiger partial charge < -0.3 is 10.1 Å². The average molecular weight is 417 g/mol. The maximum atomic E-state index is 12.3. The third kappa shape index (κ3) is 6.45. The molecule has 2 heterocycles. The normalized spacial score (nSPS) is 12.4. The van der Waals surface area contributed by atoms with Gasteiger partial charge in [0.05, 0.1) is 12.5 Å². The highest BCUT2D eigenvalue weighted by Gasteiger charge is 2.29. The van der Waals surface area contributed by atoms with Crippen molar-refractivity contribution in [3.63, 3.8) is 0 Å². The molecule has 2 aromatic heterocycles. The van der Waals surface area contributed by atoms with Crippen molar-refractivity contribution >= 4 is 23.3 Å². The van der Waals surface area contributed by atoms with Crippen LogP contribution in [0.4, 0.5) is 13.2 Å². The summed E-state index contributed by atoms with van der Waals surface area (Å²) in [5, 5.41) is 2.55. The number of aromatic nitrogens is 3. The number of Topliss-reactive ketones (excluding diaryl/α,β-unsaturated/α-hetero) is 1. The molecule has 0 bridgehead atoms. The Morgan fingerprint density at radius 1 is 1.32 bits per heavy atom. The number of carbonyl (C=O) groups is 2. The van der Waals surface area contributed by atoms with Crippen molar-refractivity contribution in [3.05, 3.63) is 46.6 Å². The van der Waals surface area contributed by atoms with Gasteiger partial charge in [0.25, 0.3) is 5.91 Å². The number of carbonyl (C=O) groups excluding carboxylic acids is 2. The number of alkyl halides is 3. The van der Waals surface area contributed by atoms with Gasteiger partial charge >= 0.3 is 6.18 Å². The van der Waals surface area contributed by atoms with Crippen LogP contribution in [0.15, 0.2) is 24.5 Å². The predicted molar refractivity (Wildman–Crippen MR) is 93.1 cm³/mol. The largest absolute Gasteiger partial charge is 0.467 e. The van der Waals surface area contributed by atoms with Crippen molar-refractivity contribution in [2.45, 2.75) is 32.5 Å². The van der Waals surface area contributed by atoms with Crippen molar-refractivity contribution in [2.75, 3.05) is 6.61 Å². The van der Waals surface area contributed by atoms with Gasteiger partial charge in [-0.25, -0.2) is 15.0 Å². The van der Waals surface area contributed by atoms with Gasteiger partial charge in [-0.05, 0) is 31.5 Å². The number of ether oxygens (including phenoxy) is 1. The summed E-state index contributed by atoms with van der Waals surface area (Å²) in [6, 6.07) is 2.18. The van der Waals surface area contributed by atoms with Crippen LogP contribution in [0.2, 0.25) is 5.02 Å². The van der Waals surface area contributed by atoms with Gasteiger partial charge in [0.1, 0.15) is 22.3 Å². The van der Waals surface area contributed by atoms with Gasteiger partial charge in [-0.1, -0.05) is 11.6 Å². The molecule has 0 saturated carbocycles. The molecule has 11 heteroatoms. The topological polar surface area (TPSA) is 94.1 Å². The van der Waals surface area contributed by atoms with E-state index in [9.17, 15) is 22.8 Å². The van der Waals surface area contributed by atoms with Crippen LogP contribution in [0.5, 0.6) is 5.88 Å². The first-order valence-electron chi connectivity index (χ1n) is 8.02. The lowest BCUT2D eigenvalue weighted by Gasteiger charge is -2.15. The van der Waals surface area contributed by atoms with Crippen molar-refractivity contribution in [3.8, 4) is 5.88 Å². The molecule has 0 aliphatic heterocycles. The molecule has 0 spiro atoms. The number of halogens is 4. The molecule has 150 valence electrons. The third-order valence-electron chi connectivity index (χ3n) is 3.39. The number of pyridine rings is 1. The van der Waals surface area contributed by atoms with E-state index in [1.807, 2.05) is 0 Å². The van der Waals surface area contributed by atoms with Crippen LogP contribution in [0.3, 0.4) is 0 Å². The number of hydrogen-bond donors (Lipinski definition) is 1. The average Bonchev–Trinajstić information content (AvgIpc) is 2.59. The van der Waals surface area contributed by atoms with Crippen LogP contribution in [0.25, 0.3) is 0 Å². The molecule has 2 rings (SSSR count). The zero-order valence-corrected chi connectivity index (χ0v) is 15.6. The second-order valence-corrected chi connectivity index (χ2v) is 6.30. The van der Waals surface area contributed by atoms with Crippen LogP contribution in [0, 0.1) is 0 Å². The number of ketones is 1. The second kappa shape index (κ2) is 8.96. The summed E-state index contributed by atoms with van der Waals surface area (Å²) >= 11 is 5.91. The number of rotatable bonds is 7. The number of amides is 1. The Hall–Kier alpha value is -2.75. The highest BCUT2D eigenvalue weighted by atomic mass is 35.5. The quantitative estimate of drug-likeness (QED) is 0.745. The number of hydrogen-bond acceptors (Lipinski definition) is 6. The highest BCUT2D eigenvalue weighted by molar-refractivity contribution is 6.31. The number of nitrogens with one attached hydrogen (secondary N) is 1. The molecule has 2 aromatic rings. The molecule has 1 amide bonds. The molecule has 1 atom stereocenters. The Balaban J connectivity index is 2.06. The Morgan fingerprint density at radius 2 is 2.04 bits per heavy atom. The molecule has 1 N–H and O–H groups in total. The summed E-state index contributed by atoms with van der Waals surface area (Å²) in [7, 11) is 0. The third-order valence-corrected chi connectivity index (χ3v) is 3.66. The molecule has 0 aliphatic carbocycles. The SMILES string of the molecule is CC(=O)Cc1nccc(C(=O)NC(C)c2cnc(OCC(F)(F)F)c(Cl)c2)n1. The predicted octanol–water partition coefficient (Wildman–Crippen LogP) is 3.09. The zero-order chi connectivity index (χ0) is 20.9. The molecule has 28 heavy (non-hydrogen) atoms. The summed E-state index contributed by atoms with van der Waals surface area (Å²) in [5.74, 6) is -0.790. The van der Waals surface area contributed by atoms with Crippen LogP contribution in [-0.4, -0.2) is 39.4 Å². The van der Waals surface area contributed by atoms with Crippen molar-refractivity contribution in [2.24, 2.45) is 0 Å². The van der Waals surface area contributed by atoms with Gasteiger partial charge in [-0.2, -0.15) is 13.2 Å². The smallest absolute Gasteiger partial charge is 0.422 e. The molecular formula is C17H16ClF3N4O3. The van der Waals surface area contributed by atoms with Crippen LogP contribution in [0.1, 0.15) is 41.8 Å². The Bertz CT molecular complexity index is 877. The summed E-state index contributed by atoms with van der Waals surface area (Å²) in [4.78, 5) is 35.2. The molecule has 0 fully saturated rings. The minimum Gasteiger partial charge on any atom is -0.467 e. The molecule has 0 aromatic carbocycles. The van der Waals surface area contributed by atoms with Crippen molar-refractivity contribution in [1.29, 1.82) is 0 Å². The van der Waals surface area contributed by atoms with E-state index in [-0.39, 0.29) is 34.6 Å². The standard InChI is InChI=1S/C17H16ClF3N4O3/c1-9(26)5-14-22-4-3-13(25-14)15(27)24-10(2)11-6-12(18)16(23-7-11)28-8-17(19,20)21/h3-4,6-7,10H,5,8H2,1-2H3,(H,24,27). The minimum absolute atomic E-state index is 0.00951. The zero-order valence-electron chi connectivity index (χ0n) is 14.9. The summed E-state index contributed by atoms with van der Waals surface area (Å²) in [5.41, 5.74) is 0.526. The Labute approximate surface area is 163 Å². The lowest BCUT2D eigenvalue weighted by Crippen LogP contribution is -2.28. The molecule has 1 unspecified atom stereocenters. The fourth-order valence-corrected chi connectivity index (χ4v) is 2.35. The van der Waals surface area contributed by atoms with E-state index in [2.05, 4.69) is 25.0 Å². The number of nitrogens with zero attached hydrogens (tertiary/aromatic N) is 3. The van der Waals surface area contributed by atoms with E-state index in [4.69, 9.17) is 11.6 Å². The van der Waals surface area contributed by atoms with Gasteiger partial charge in [0.15, 0.2) is 6.61 Å². The van der Waals surface area contributed by atoms with E-state index >= 15 is 0 Å². The highest BCUT2D eigenvalue weighted by Crippen LogP contribution is 2.27. The van der Waals surface area contributed by atoms with Crippen molar-refractivity contribution < 1.29 is 27.5 Å². The first-order valence-corrected chi connectivity index (χ1v) is 8.40. The maximum Gasteiger partial charge on any atom is 0.422 e. The first-order chi connectivity index (χ1) is 13.0. The Morgan fingerprint density at radius 3 is 2.64 bits per heavy atom. The van der Waals surface area contributed by atoms with Crippen LogP contribution >= 0.6 is 11.6 Å². The van der Waals surface area contributed by atoms with Crippen LogP contribution in [-0.2, 0) is 11.2 Å². The van der Waals surface area contributed by atoms with E-state index in [0.29, 0.717) is 5.56 Å².